The maximum atomic E-state index is 10.8. The molecule has 0 aliphatic rings. The molecule has 8 heteroatoms. The molecule has 8 nitrogen and oxygen atoms in total. The molecular formula is C20H36O8. The number of rotatable bonds is 12. The molecule has 3 N–H and O–H groups in total. The molecule has 164 valence electrons. The van der Waals surface area contributed by atoms with Gasteiger partial charge in [-0.2, -0.15) is 0 Å². The number of ether oxygens (including phenoxy) is 3. The fourth-order valence-corrected chi connectivity index (χ4v) is 1.20. The monoisotopic (exact) mass is 404 g/mol. The third-order valence-electron chi connectivity index (χ3n) is 3.21. The van der Waals surface area contributed by atoms with Gasteiger partial charge in [0.2, 0.25) is 0 Å². The van der Waals surface area contributed by atoms with Gasteiger partial charge in [0.25, 0.3) is 0 Å². The topological polar surface area (TPSA) is 123 Å². The number of hydrogen-bond donors (Lipinski definition) is 3. The lowest BCUT2D eigenvalue weighted by molar-refractivity contribution is -0.139. The summed E-state index contributed by atoms with van der Waals surface area (Å²) in [5.41, 5.74) is -0.667. The van der Waals surface area contributed by atoms with E-state index >= 15 is 0 Å². The molecular weight excluding hydrogens is 368 g/mol. The number of esters is 2. The second kappa shape index (κ2) is 23.0. The van der Waals surface area contributed by atoms with Crippen LogP contribution in [0.5, 0.6) is 0 Å². The Kier molecular flexibility index (Phi) is 25.3. The van der Waals surface area contributed by atoms with Gasteiger partial charge in [-0.3, -0.25) is 0 Å². The molecule has 0 fully saturated rings. The van der Waals surface area contributed by atoms with E-state index in [0.29, 0.717) is 6.42 Å². The van der Waals surface area contributed by atoms with Crippen LogP contribution in [0.3, 0.4) is 0 Å². The first-order valence-electron chi connectivity index (χ1n) is 9.00. The van der Waals surface area contributed by atoms with Crippen molar-refractivity contribution in [1.29, 1.82) is 0 Å². The standard InChI is InChI=1S/C10H12O4.C6H14O3.C4H10O/c1-3-7-13-9(11)5-6-10(12)14-8-4-2;1-2-6(3-7,4-8)5-9;1-3-5-4-2/h3-6H,1-2,7-8H2;7-9H,2-5H2,1H3;3-4H2,1-2H3/b6-5-;;. The summed E-state index contributed by atoms with van der Waals surface area (Å²) in [6.45, 7) is 14.0. The van der Waals surface area contributed by atoms with Crippen LogP contribution in [0.2, 0.25) is 0 Å². The van der Waals surface area contributed by atoms with Crippen LogP contribution in [0.4, 0.5) is 0 Å². The maximum absolute atomic E-state index is 10.8. The molecule has 0 spiro atoms. The summed E-state index contributed by atoms with van der Waals surface area (Å²) >= 11 is 0. The van der Waals surface area contributed by atoms with Crippen LogP contribution in [0.25, 0.3) is 0 Å². The molecule has 0 aliphatic carbocycles. The van der Waals surface area contributed by atoms with Crippen molar-refractivity contribution < 1.29 is 39.1 Å². The summed E-state index contributed by atoms with van der Waals surface area (Å²) in [5.74, 6) is -1.22. The predicted octanol–water partition coefficient (Wildman–Crippen LogP) is 1.40. The molecule has 0 bridgehead atoms. The average molecular weight is 405 g/mol. The highest BCUT2D eigenvalue weighted by Crippen LogP contribution is 2.18. The van der Waals surface area contributed by atoms with Crippen molar-refractivity contribution in [2.45, 2.75) is 27.2 Å². The second-order valence-electron chi connectivity index (χ2n) is 5.28. The first-order valence-corrected chi connectivity index (χ1v) is 9.00. The van der Waals surface area contributed by atoms with Crippen LogP contribution in [0.15, 0.2) is 37.5 Å². The largest absolute Gasteiger partial charge is 0.458 e. The first kappa shape index (κ1) is 30.7. The molecule has 0 saturated carbocycles. The summed E-state index contributed by atoms with van der Waals surface area (Å²) in [7, 11) is 0. The van der Waals surface area contributed by atoms with Crippen LogP contribution >= 0.6 is 0 Å². The highest BCUT2D eigenvalue weighted by Gasteiger charge is 2.24. The summed E-state index contributed by atoms with van der Waals surface area (Å²) in [4.78, 5) is 21.6. The Labute approximate surface area is 168 Å². The smallest absolute Gasteiger partial charge is 0.331 e. The molecule has 28 heavy (non-hydrogen) atoms. The van der Waals surface area contributed by atoms with E-state index < -0.39 is 17.4 Å². The lowest BCUT2D eigenvalue weighted by Gasteiger charge is -2.24. The Morgan fingerprint density at radius 1 is 0.821 bits per heavy atom. The van der Waals surface area contributed by atoms with Gasteiger partial charge in [0.1, 0.15) is 13.2 Å². The van der Waals surface area contributed by atoms with Crippen LogP contribution in [0.1, 0.15) is 27.2 Å². The van der Waals surface area contributed by atoms with Crippen molar-refractivity contribution in [3.05, 3.63) is 37.5 Å². The molecule has 0 aliphatic heterocycles. The van der Waals surface area contributed by atoms with Crippen molar-refractivity contribution in [1.82, 2.24) is 0 Å². The fraction of sp³-hybridized carbons (Fsp3) is 0.600. The molecule has 0 atom stereocenters. The van der Waals surface area contributed by atoms with Crippen molar-refractivity contribution in [2.75, 3.05) is 46.2 Å². The average Bonchev–Trinajstić information content (AvgIpc) is 2.72. The lowest BCUT2D eigenvalue weighted by Crippen LogP contribution is -2.32. The summed E-state index contributed by atoms with van der Waals surface area (Å²) in [5, 5.41) is 26.0. The van der Waals surface area contributed by atoms with E-state index in [2.05, 4.69) is 22.6 Å². The van der Waals surface area contributed by atoms with Crippen LogP contribution in [0, 0.1) is 5.41 Å². The number of aliphatic hydroxyl groups is 3. The normalized spacial score (nSPS) is 10.1. The van der Waals surface area contributed by atoms with Gasteiger partial charge >= 0.3 is 11.9 Å². The van der Waals surface area contributed by atoms with Crippen molar-refractivity contribution in [3.63, 3.8) is 0 Å². The number of carbonyl (C=O) groups is 2. The zero-order valence-electron chi connectivity index (χ0n) is 17.3. The Bertz CT molecular complexity index is 382. The van der Waals surface area contributed by atoms with Gasteiger partial charge in [0, 0.05) is 30.8 Å². The zero-order chi connectivity index (χ0) is 22.3. The second-order valence-corrected chi connectivity index (χ2v) is 5.28. The van der Waals surface area contributed by atoms with E-state index in [4.69, 9.17) is 20.1 Å². The van der Waals surface area contributed by atoms with Crippen molar-refractivity contribution in [2.24, 2.45) is 5.41 Å². The predicted molar refractivity (Wildman–Crippen MR) is 108 cm³/mol. The van der Waals surface area contributed by atoms with Gasteiger partial charge in [-0.1, -0.05) is 32.2 Å². The van der Waals surface area contributed by atoms with E-state index in [1.165, 1.54) is 12.2 Å². The van der Waals surface area contributed by atoms with Gasteiger partial charge < -0.3 is 29.5 Å². The molecule has 0 aromatic heterocycles. The molecule has 0 unspecified atom stereocenters. The molecule has 0 heterocycles. The Balaban J connectivity index is -0.000000381. The van der Waals surface area contributed by atoms with Crippen LogP contribution in [-0.2, 0) is 23.8 Å². The van der Waals surface area contributed by atoms with Crippen LogP contribution in [-0.4, -0.2) is 73.5 Å². The fourth-order valence-electron chi connectivity index (χ4n) is 1.20. The molecule has 0 aromatic carbocycles. The summed E-state index contributed by atoms with van der Waals surface area (Å²) < 4.78 is 14.0. The van der Waals surface area contributed by atoms with Crippen molar-refractivity contribution >= 4 is 11.9 Å². The number of aliphatic hydroxyl groups excluding tert-OH is 3. The molecule has 0 amide bonds. The maximum Gasteiger partial charge on any atom is 0.331 e. The number of hydrogen-bond acceptors (Lipinski definition) is 8. The molecule has 0 radical (unpaired) electrons. The minimum Gasteiger partial charge on any atom is -0.458 e. The summed E-state index contributed by atoms with van der Waals surface area (Å²) in [6, 6.07) is 0. The van der Waals surface area contributed by atoms with Gasteiger partial charge in [0.05, 0.1) is 19.8 Å². The highest BCUT2D eigenvalue weighted by molar-refractivity contribution is 5.91. The SMILES string of the molecule is C=CCOC(=O)/C=C\C(=O)OCC=C.CCC(CO)(CO)CO.CCOCC. The van der Waals surface area contributed by atoms with Gasteiger partial charge in [-0.15, -0.1) is 0 Å². The first-order chi connectivity index (χ1) is 13.4. The van der Waals surface area contributed by atoms with E-state index in [1.807, 2.05) is 20.8 Å². The molecule has 0 rings (SSSR count). The Morgan fingerprint density at radius 2 is 1.18 bits per heavy atom. The third-order valence-corrected chi connectivity index (χ3v) is 3.21. The van der Waals surface area contributed by atoms with E-state index in [1.54, 1.807) is 0 Å². The molecule has 0 saturated heterocycles. The Morgan fingerprint density at radius 3 is 1.32 bits per heavy atom. The minimum atomic E-state index is -0.667. The van der Waals surface area contributed by atoms with Gasteiger partial charge in [-0.25, -0.2) is 9.59 Å². The zero-order valence-corrected chi connectivity index (χ0v) is 17.3. The summed E-state index contributed by atoms with van der Waals surface area (Å²) in [6.07, 6.45) is 5.45. The molecule has 0 aromatic rings. The van der Waals surface area contributed by atoms with Crippen LogP contribution < -0.4 is 0 Å². The van der Waals surface area contributed by atoms with E-state index in [-0.39, 0.29) is 33.0 Å². The minimum absolute atomic E-state index is 0.116. The third kappa shape index (κ3) is 20.3. The van der Waals surface area contributed by atoms with E-state index in [9.17, 15) is 9.59 Å². The van der Waals surface area contributed by atoms with E-state index in [0.717, 1.165) is 25.4 Å². The quantitative estimate of drug-likeness (QED) is 0.253. The highest BCUT2D eigenvalue weighted by atomic mass is 16.5. The van der Waals surface area contributed by atoms with Gasteiger partial charge in [0.15, 0.2) is 0 Å². The number of carbonyl (C=O) groups excluding carboxylic acids is 2. The Hall–Kier alpha value is -2.00. The van der Waals surface area contributed by atoms with Crippen molar-refractivity contribution in [3.8, 4) is 0 Å². The lowest BCUT2D eigenvalue weighted by atomic mass is 9.88. The van der Waals surface area contributed by atoms with Gasteiger partial charge in [-0.05, 0) is 20.3 Å².